The van der Waals surface area contributed by atoms with Crippen molar-refractivity contribution in [1.82, 2.24) is 14.5 Å². The van der Waals surface area contributed by atoms with Crippen molar-refractivity contribution in [2.75, 3.05) is 0 Å². The molecule has 0 unspecified atom stereocenters. The number of rotatable bonds is 3. The Balaban J connectivity index is 2.37. The summed E-state index contributed by atoms with van der Waals surface area (Å²) in [5, 5.41) is 0. The van der Waals surface area contributed by atoms with E-state index in [0.29, 0.717) is 0 Å². The van der Waals surface area contributed by atoms with Gasteiger partial charge in [0.25, 0.3) is 0 Å². The average Bonchev–Trinajstić information content (AvgIpc) is 2.68. The summed E-state index contributed by atoms with van der Waals surface area (Å²) in [6.45, 7) is 2.16. The van der Waals surface area contributed by atoms with Crippen LogP contribution >= 0.6 is 0 Å². The smallest absolute Gasteiger partial charge is 0.113 e. The molecule has 0 fully saturated rings. The molecule has 0 saturated heterocycles. The standard InChI is InChI=1S/C11H13N3/c1-2-4-11-13-7-8-14(11)10-5-3-6-12-9-10/h3,5-9H,2,4H2,1H3. The lowest BCUT2D eigenvalue weighted by atomic mass is 10.3. The number of nitrogens with zero attached hydrogens (tertiary/aromatic N) is 3. The summed E-state index contributed by atoms with van der Waals surface area (Å²) in [4.78, 5) is 8.41. The van der Waals surface area contributed by atoms with E-state index in [-0.39, 0.29) is 0 Å². The summed E-state index contributed by atoms with van der Waals surface area (Å²) in [5.74, 6) is 1.10. The molecule has 0 aliphatic heterocycles. The minimum atomic E-state index is 1.00. The minimum Gasteiger partial charge on any atom is -0.302 e. The van der Waals surface area contributed by atoms with E-state index < -0.39 is 0 Å². The fourth-order valence-electron chi connectivity index (χ4n) is 1.47. The molecule has 14 heavy (non-hydrogen) atoms. The van der Waals surface area contributed by atoms with Gasteiger partial charge < -0.3 is 4.57 Å². The predicted molar refractivity (Wildman–Crippen MR) is 55.4 cm³/mol. The second kappa shape index (κ2) is 4.05. The fraction of sp³-hybridized carbons (Fsp3) is 0.273. The first-order chi connectivity index (χ1) is 6.92. The molecule has 0 aliphatic carbocycles. The fourth-order valence-corrected chi connectivity index (χ4v) is 1.47. The number of aromatic nitrogens is 3. The maximum absolute atomic E-state index is 4.32. The quantitative estimate of drug-likeness (QED) is 0.737. The van der Waals surface area contributed by atoms with Crippen LogP contribution in [-0.2, 0) is 6.42 Å². The number of imidazole rings is 1. The van der Waals surface area contributed by atoms with Crippen molar-refractivity contribution in [3.8, 4) is 5.69 Å². The van der Waals surface area contributed by atoms with Crippen LogP contribution in [0.15, 0.2) is 36.9 Å². The third kappa shape index (κ3) is 1.66. The highest BCUT2D eigenvalue weighted by Crippen LogP contribution is 2.09. The molecule has 72 valence electrons. The molecule has 0 radical (unpaired) electrons. The lowest BCUT2D eigenvalue weighted by molar-refractivity contribution is 0.807. The molecule has 0 aromatic carbocycles. The van der Waals surface area contributed by atoms with Crippen LogP contribution in [0.5, 0.6) is 0 Å². The molecule has 0 bridgehead atoms. The van der Waals surface area contributed by atoms with Gasteiger partial charge in [-0.25, -0.2) is 4.98 Å². The van der Waals surface area contributed by atoms with E-state index in [4.69, 9.17) is 0 Å². The van der Waals surface area contributed by atoms with Crippen molar-refractivity contribution >= 4 is 0 Å². The molecule has 0 aliphatic rings. The summed E-state index contributed by atoms with van der Waals surface area (Å²) in [7, 11) is 0. The zero-order valence-corrected chi connectivity index (χ0v) is 8.22. The Morgan fingerprint density at radius 3 is 3.00 bits per heavy atom. The summed E-state index contributed by atoms with van der Waals surface area (Å²) < 4.78 is 2.08. The third-order valence-electron chi connectivity index (χ3n) is 2.12. The van der Waals surface area contributed by atoms with Gasteiger partial charge in [0.2, 0.25) is 0 Å². The molecule has 0 saturated carbocycles. The van der Waals surface area contributed by atoms with E-state index in [1.54, 1.807) is 6.20 Å². The summed E-state index contributed by atoms with van der Waals surface area (Å²) in [6.07, 6.45) is 9.54. The number of aryl methyl sites for hydroxylation is 1. The van der Waals surface area contributed by atoms with Gasteiger partial charge in [0, 0.05) is 25.0 Å². The predicted octanol–water partition coefficient (Wildman–Crippen LogP) is 2.22. The highest BCUT2D eigenvalue weighted by atomic mass is 15.1. The van der Waals surface area contributed by atoms with Crippen LogP contribution in [0.25, 0.3) is 5.69 Å². The molecule has 3 heteroatoms. The monoisotopic (exact) mass is 187 g/mol. The van der Waals surface area contributed by atoms with Gasteiger partial charge in [-0.2, -0.15) is 0 Å². The molecule has 2 aromatic rings. The van der Waals surface area contributed by atoms with E-state index in [1.807, 2.05) is 30.7 Å². The maximum Gasteiger partial charge on any atom is 0.113 e. The van der Waals surface area contributed by atoms with Crippen LogP contribution in [0.1, 0.15) is 19.2 Å². The van der Waals surface area contributed by atoms with Gasteiger partial charge in [-0.15, -0.1) is 0 Å². The van der Waals surface area contributed by atoms with E-state index in [9.17, 15) is 0 Å². The van der Waals surface area contributed by atoms with Crippen molar-refractivity contribution in [1.29, 1.82) is 0 Å². The van der Waals surface area contributed by atoms with Crippen LogP contribution < -0.4 is 0 Å². The Morgan fingerprint density at radius 2 is 2.29 bits per heavy atom. The van der Waals surface area contributed by atoms with Crippen LogP contribution in [0.3, 0.4) is 0 Å². The maximum atomic E-state index is 4.32. The average molecular weight is 187 g/mol. The highest BCUT2D eigenvalue weighted by Gasteiger charge is 2.02. The molecule has 0 N–H and O–H groups in total. The first-order valence-corrected chi connectivity index (χ1v) is 4.84. The third-order valence-corrected chi connectivity index (χ3v) is 2.12. The van der Waals surface area contributed by atoms with E-state index >= 15 is 0 Å². The van der Waals surface area contributed by atoms with Gasteiger partial charge in [-0.05, 0) is 18.6 Å². The second-order valence-electron chi connectivity index (χ2n) is 3.17. The molecule has 2 heterocycles. The molecule has 0 amide bonds. The van der Waals surface area contributed by atoms with Crippen molar-refractivity contribution in [2.24, 2.45) is 0 Å². The Morgan fingerprint density at radius 1 is 1.36 bits per heavy atom. The molecular formula is C11H13N3. The Kier molecular flexibility index (Phi) is 2.58. The second-order valence-corrected chi connectivity index (χ2v) is 3.17. The zero-order valence-electron chi connectivity index (χ0n) is 8.22. The molecule has 2 aromatic heterocycles. The van der Waals surface area contributed by atoms with Gasteiger partial charge in [0.15, 0.2) is 0 Å². The normalized spacial score (nSPS) is 10.4. The summed E-state index contributed by atoms with van der Waals surface area (Å²) in [6, 6.07) is 3.97. The highest BCUT2D eigenvalue weighted by molar-refractivity contribution is 5.29. The Hall–Kier alpha value is -1.64. The molecule has 0 spiro atoms. The Bertz CT molecular complexity index is 392. The van der Waals surface area contributed by atoms with E-state index in [0.717, 1.165) is 24.4 Å². The van der Waals surface area contributed by atoms with Crippen LogP contribution in [0.2, 0.25) is 0 Å². The lowest BCUT2D eigenvalue weighted by Crippen LogP contribution is -2.00. The van der Waals surface area contributed by atoms with Gasteiger partial charge in [0.05, 0.1) is 11.9 Å². The van der Waals surface area contributed by atoms with Crippen LogP contribution in [0, 0.1) is 0 Å². The number of hydrogen-bond donors (Lipinski definition) is 0. The first-order valence-electron chi connectivity index (χ1n) is 4.84. The molecule has 3 nitrogen and oxygen atoms in total. The number of hydrogen-bond acceptors (Lipinski definition) is 2. The van der Waals surface area contributed by atoms with Gasteiger partial charge in [-0.1, -0.05) is 6.92 Å². The topological polar surface area (TPSA) is 30.7 Å². The number of pyridine rings is 1. The first kappa shape index (κ1) is 8.94. The van der Waals surface area contributed by atoms with Gasteiger partial charge in [0.1, 0.15) is 5.82 Å². The summed E-state index contributed by atoms with van der Waals surface area (Å²) >= 11 is 0. The minimum absolute atomic E-state index is 1.00. The van der Waals surface area contributed by atoms with Crippen molar-refractivity contribution < 1.29 is 0 Å². The van der Waals surface area contributed by atoms with Gasteiger partial charge >= 0.3 is 0 Å². The van der Waals surface area contributed by atoms with Crippen molar-refractivity contribution in [3.63, 3.8) is 0 Å². The zero-order chi connectivity index (χ0) is 9.80. The SMILES string of the molecule is CCCc1nccn1-c1cccnc1. The van der Waals surface area contributed by atoms with E-state index in [2.05, 4.69) is 21.5 Å². The molecule has 0 atom stereocenters. The lowest BCUT2D eigenvalue weighted by Gasteiger charge is -2.05. The van der Waals surface area contributed by atoms with Crippen LogP contribution in [0.4, 0.5) is 0 Å². The van der Waals surface area contributed by atoms with E-state index in [1.165, 1.54) is 0 Å². The van der Waals surface area contributed by atoms with Crippen LogP contribution in [-0.4, -0.2) is 14.5 Å². The largest absolute Gasteiger partial charge is 0.302 e. The molecule has 2 rings (SSSR count). The molecular weight excluding hydrogens is 174 g/mol. The summed E-state index contributed by atoms with van der Waals surface area (Å²) in [5.41, 5.74) is 1.08. The Labute approximate surface area is 83.4 Å². The van der Waals surface area contributed by atoms with Gasteiger partial charge in [-0.3, -0.25) is 4.98 Å². The van der Waals surface area contributed by atoms with Crippen molar-refractivity contribution in [2.45, 2.75) is 19.8 Å². The van der Waals surface area contributed by atoms with Crippen molar-refractivity contribution in [3.05, 3.63) is 42.7 Å².